The van der Waals surface area contributed by atoms with Crippen LogP contribution in [0.4, 0.5) is 0 Å². The average molecular weight is 260 g/mol. The first-order valence-electron chi connectivity index (χ1n) is 6.93. The summed E-state index contributed by atoms with van der Waals surface area (Å²) in [6, 6.07) is 0. The Hall–Kier alpha value is -0.610. The van der Waals surface area contributed by atoms with E-state index in [0.717, 1.165) is 12.8 Å². The van der Waals surface area contributed by atoms with Crippen LogP contribution in [0.3, 0.4) is 0 Å². The van der Waals surface area contributed by atoms with Crippen LogP contribution in [0.25, 0.3) is 0 Å². The Kier molecular flexibility index (Phi) is 11.1. The second-order valence-corrected chi connectivity index (χ2v) is 4.71. The molecule has 0 rings (SSSR count). The van der Waals surface area contributed by atoms with Crippen LogP contribution in [0.2, 0.25) is 0 Å². The summed E-state index contributed by atoms with van der Waals surface area (Å²) in [6.07, 6.45) is 1.72. The van der Waals surface area contributed by atoms with Crippen molar-refractivity contribution in [2.45, 2.75) is 40.5 Å². The minimum absolute atomic E-state index is 0.0217. The summed E-state index contributed by atoms with van der Waals surface area (Å²) in [5, 5.41) is 0. The van der Waals surface area contributed by atoms with E-state index in [1.807, 2.05) is 13.8 Å². The predicted octanol–water partition coefficient (Wildman–Crippen LogP) is 2.66. The Morgan fingerprint density at radius 3 is 2.17 bits per heavy atom. The molecule has 108 valence electrons. The number of ether oxygens (including phenoxy) is 3. The predicted molar refractivity (Wildman–Crippen MR) is 71.5 cm³/mol. The van der Waals surface area contributed by atoms with Gasteiger partial charge in [-0.05, 0) is 25.7 Å². The molecule has 0 aromatic carbocycles. The van der Waals surface area contributed by atoms with E-state index in [1.165, 1.54) is 0 Å². The fraction of sp³-hybridized carbons (Fsp3) is 0.929. The largest absolute Gasteiger partial charge is 0.463 e. The molecule has 1 atom stereocenters. The quantitative estimate of drug-likeness (QED) is 0.423. The molecule has 0 saturated heterocycles. The maximum Gasteiger partial charge on any atom is 0.309 e. The summed E-state index contributed by atoms with van der Waals surface area (Å²) >= 11 is 0. The lowest BCUT2D eigenvalue weighted by atomic mass is 9.95. The van der Waals surface area contributed by atoms with Crippen molar-refractivity contribution in [2.75, 3.05) is 33.0 Å². The SMILES string of the molecule is CCOCCOCCOC(=O)C(CC)CC(C)C. The fourth-order valence-electron chi connectivity index (χ4n) is 1.68. The van der Waals surface area contributed by atoms with Crippen LogP contribution in [0.15, 0.2) is 0 Å². The molecule has 0 spiro atoms. The summed E-state index contributed by atoms with van der Waals surface area (Å²) in [5.41, 5.74) is 0. The van der Waals surface area contributed by atoms with Gasteiger partial charge in [0.05, 0.1) is 25.7 Å². The van der Waals surface area contributed by atoms with Gasteiger partial charge >= 0.3 is 5.97 Å². The molecule has 4 heteroatoms. The number of hydrogen-bond donors (Lipinski definition) is 0. The zero-order valence-corrected chi connectivity index (χ0v) is 12.2. The zero-order valence-electron chi connectivity index (χ0n) is 12.2. The Morgan fingerprint density at radius 2 is 1.61 bits per heavy atom. The highest BCUT2D eigenvalue weighted by molar-refractivity contribution is 5.72. The first kappa shape index (κ1) is 17.4. The smallest absolute Gasteiger partial charge is 0.309 e. The van der Waals surface area contributed by atoms with E-state index >= 15 is 0 Å². The van der Waals surface area contributed by atoms with Crippen molar-refractivity contribution in [1.82, 2.24) is 0 Å². The standard InChI is InChI=1S/C14H28O4/c1-5-13(11-12(3)4)14(15)18-10-9-17-8-7-16-6-2/h12-13H,5-11H2,1-4H3. The van der Waals surface area contributed by atoms with Crippen LogP contribution < -0.4 is 0 Å². The van der Waals surface area contributed by atoms with Gasteiger partial charge < -0.3 is 14.2 Å². The Bertz CT molecular complexity index is 204. The van der Waals surface area contributed by atoms with Gasteiger partial charge in [0.2, 0.25) is 0 Å². The lowest BCUT2D eigenvalue weighted by Crippen LogP contribution is -2.21. The second-order valence-electron chi connectivity index (χ2n) is 4.71. The first-order chi connectivity index (χ1) is 8.61. The molecule has 0 aliphatic rings. The van der Waals surface area contributed by atoms with Crippen LogP contribution in [-0.2, 0) is 19.0 Å². The third-order valence-electron chi connectivity index (χ3n) is 2.63. The van der Waals surface area contributed by atoms with Crippen molar-refractivity contribution in [1.29, 1.82) is 0 Å². The lowest BCUT2D eigenvalue weighted by molar-refractivity contribution is -0.151. The number of carbonyl (C=O) groups excluding carboxylic acids is 1. The van der Waals surface area contributed by atoms with Crippen LogP contribution in [0.5, 0.6) is 0 Å². The van der Waals surface area contributed by atoms with Gasteiger partial charge in [-0.15, -0.1) is 0 Å². The molecule has 0 saturated carbocycles. The number of carbonyl (C=O) groups is 1. The molecule has 0 fully saturated rings. The van der Waals surface area contributed by atoms with Crippen molar-refractivity contribution in [3.63, 3.8) is 0 Å². The molecule has 1 unspecified atom stereocenters. The highest BCUT2D eigenvalue weighted by Gasteiger charge is 2.18. The summed E-state index contributed by atoms with van der Waals surface area (Å²) in [4.78, 5) is 11.7. The van der Waals surface area contributed by atoms with Crippen molar-refractivity contribution < 1.29 is 19.0 Å². The number of esters is 1. The van der Waals surface area contributed by atoms with Gasteiger partial charge in [0.15, 0.2) is 0 Å². The van der Waals surface area contributed by atoms with Crippen molar-refractivity contribution in [3.05, 3.63) is 0 Å². The molecular formula is C14H28O4. The molecule has 4 nitrogen and oxygen atoms in total. The van der Waals surface area contributed by atoms with Gasteiger partial charge in [0.1, 0.15) is 6.61 Å². The minimum Gasteiger partial charge on any atom is -0.463 e. The molecule has 0 aromatic heterocycles. The molecule has 0 bridgehead atoms. The maximum atomic E-state index is 11.7. The maximum absolute atomic E-state index is 11.7. The van der Waals surface area contributed by atoms with Crippen molar-refractivity contribution >= 4 is 5.97 Å². The van der Waals surface area contributed by atoms with E-state index < -0.39 is 0 Å². The zero-order chi connectivity index (χ0) is 13.8. The van der Waals surface area contributed by atoms with Gasteiger partial charge in [0.25, 0.3) is 0 Å². The molecule has 0 heterocycles. The Morgan fingerprint density at radius 1 is 1.00 bits per heavy atom. The fourth-order valence-corrected chi connectivity index (χ4v) is 1.68. The molecule has 0 aliphatic heterocycles. The Balaban J connectivity index is 3.56. The lowest BCUT2D eigenvalue weighted by Gasteiger charge is -2.16. The van der Waals surface area contributed by atoms with Gasteiger partial charge in [-0.3, -0.25) is 4.79 Å². The van der Waals surface area contributed by atoms with Crippen LogP contribution in [0.1, 0.15) is 40.5 Å². The summed E-state index contributed by atoms with van der Waals surface area (Å²) in [5.74, 6) is 0.443. The summed E-state index contributed by atoms with van der Waals surface area (Å²) < 4.78 is 15.6. The normalized spacial score (nSPS) is 12.7. The summed E-state index contributed by atoms with van der Waals surface area (Å²) in [6.45, 7) is 10.8. The molecule has 0 N–H and O–H groups in total. The number of hydrogen-bond acceptors (Lipinski definition) is 4. The van der Waals surface area contributed by atoms with Gasteiger partial charge in [0, 0.05) is 6.61 Å². The van der Waals surface area contributed by atoms with E-state index in [9.17, 15) is 4.79 Å². The molecule has 0 aliphatic carbocycles. The average Bonchev–Trinajstić information content (AvgIpc) is 2.34. The van der Waals surface area contributed by atoms with Crippen LogP contribution >= 0.6 is 0 Å². The van der Waals surface area contributed by atoms with E-state index in [4.69, 9.17) is 14.2 Å². The highest BCUT2D eigenvalue weighted by Crippen LogP contribution is 2.16. The molecule has 0 aromatic rings. The first-order valence-corrected chi connectivity index (χ1v) is 6.93. The van der Waals surface area contributed by atoms with E-state index in [0.29, 0.717) is 39.0 Å². The highest BCUT2D eigenvalue weighted by atomic mass is 16.6. The van der Waals surface area contributed by atoms with Crippen LogP contribution in [-0.4, -0.2) is 39.0 Å². The van der Waals surface area contributed by atoms with E-state index in [1.54, 1.807) is 0 Å². The Labute approximate surface area is 111 Å². The van der Waals surface area contributed by atoms with Crippen LogP contribution in [0, 0.1) is 11.8 Å². The monoisotopic (exact) mass is 260 g/mol. The molecule has 0 radical (unpaired) electrons. The molecule has 0 amide bonds. The number of rotatable bonds is 11. The third-order valence-corrected chi connectivity index (χ3v) is 2.63. The van der Waals surface area contributed by atoms with Gasteiger partial charge in [-0.1, -0.05) is 20.8 Å². The van der Waals surface area contributed by atoms with Crippen molar-refractivity contribution in [3.8, 4) is 0 Å². The van der Waals surface area contributed by atoms with Gasteiger partial charge in [-0.25, -0.2) is 0 Å². The van der Waals surface area contributed by atoms with Gasteiger partial charge in [-0.2, -0.15) is 0 Å². The summed E-state index contributed by atoms with van der Waals surface area (Å²) in [7, 11) is 0. The topological polar surface area (TPSA) is 44.8 Å². The minimum atomic E-state index is -0.0976. The van der Waals surface area contributed by atoms with E-state index in [2.05, 4.69) is 13.8 Å². The molecule has 18 heavy (non-hydrogen) atoms. The second kappa shape index (κ2) is 11.5. The van der Waals surface area contributed by atoms with Crippen molar-refractivity contribution in [2.24, 2.45) is 11.8 Å². The third kappa shape index (κ3) is 9.42. The molecular weight excluding hydrogens is 232 g/mol. The van der Waals surface area contributed by atoms with E-state index in [-0.39, 0.29) is 11.9 Å².